The minimum Gasteiger partial charge on any atom is -0.508 e. The second-order valence-corrected chi connectivity index (χ2v) is 3.46. The van der Waals surface area contributed by atoms with E-state index in [0.717, 1.165) is 30.6 Å². The van der Waals surface area contributed by atoms with Crippen LogP contribution in [0.2, 0.25) is 0 Å². The molecule has 0 amide bonds. The fraction of sp³-hybridized carbons (Fsp3) is 0.200. The standard InChI is InChI=1S/C9H12O.2C3H4O2/c1-2-5-8-6-3-4-7-9(8)10;2*1-2-3(4)5/h3-4,6-7,10H,2,5H2,1H3;2*2H,1H2,(H,4,5). The van der Waals surface area contributed by atoms with Crippen molar-refractivity contribution in [2.45, 2.75) is 19.8 Å². The third-order valence-electron chi connectivity index (χ3n) is 1.86. The van der Waals surface area contributed by atoms with E-state index in [2.05, 4.69) is 20.1 Å². The van der Waals surface area contributed by atoms with Crippen LogP contribution in [0, 0.1) is 0 Å². The number of aliphatic carboxylic acids is 2. The predicted octanol–water partition coefficient (Wildman–Crippen LogP) is 2.86. The first kappa shape index (κ1) is 19.8. The Morgan fingerprint density at radius 3 is 1.80 bits per heavy atom. The molecule has 0 unspecified atom stereocenters. The van der Waals surface area contributed by atoms with Crippen LogP contribution in [0.4, 0.5) is 0 Å². The van der Waals surface area contributed by atoms with Crippen LogP contribution in [-0.2, 0) is 16.0 Å². The van der Waals surface area contributed by atoms with E-state index in [0.29, 0.717) is 5.75 Å². The number of rotatable bonds is 4. The molecule has 0 aliphatic rings. The fourth-order valence-corrected chi connectivity index (χ4v) is 0.992. The number of para-hydroxylation sites is 1. The molecule has 0 saturated carbocycles. The number of phenols is 1. The summed E-state index contributed by atoms with van der Waals surface area (Å²) in [5.74, 6) is -1.54. The van der Waals surface area contributed by atoms with Crippen LogP contribution >= 0.6 is 0 Å². The van der Waals surface area contributed by atoms with Crippen molar-refractivity contribution in [2.24, 2.45) is 0 Å². The van der Waals surface area contributed by atoms with E-state index in [4.69, 9.17) is 10.2 Å². The van der Waals surface area contributed by atoms with Gasteiger partial charge in [-0.1, -0.05) is 44.7 Å². The highest BCUT2D eigenvalue weighted by Crippen LogP contribution is 2.16. The van der Waals surface area contributed by atoms with Gasteiger partial charge in [-0.05, 0) is 18.1 Å². The molecule has 1 aromatic rings. The molecule has 0 aliphatic carbocycles. The first-order valence-electron chi connectivity index (χ1n) is 5.86. The van der Waals surface area contributed by atoms with Crippen LogP contribution in [0.25, 0.3) is 0 Å². The molecule has 5 nitrogen and oxygen atoms in total. The SMILES string of the molecule is C=CC(=O)O.C=CC(=O)O.CCCc1ccccc1O. The summed E-state index contributed by atoms with van der Waals surface area (Å²) >= 11 is 0. The lowest BCUT2D eigenvalue weighted by Crippen LogP contribution is -1.82. The molecule has 0 heterocycles. The van der Waals surface area contributed by atoms with E-state index < -0.39 is 11.9 Å². The van der Waals surface area contributed by atoms with Gasteiger partial charge in [0.15, 0.2) is 0 Å². The van der Waals surface area contributed by atoms with Gasteiger partial charge in [0, 0.05) is 12.2 Å². The number of phenolic OH excluding ortho intramolecular Hbond substituents is 1. The molecule has 0 aromatic heterocycles. The Kier molecular flexibility index (Phi) is 12.7. The number of benzene rings is 1. The highest BCUT2D eigenvalue weighted by molar-refractivity contribution is 5.79. The summed E-state index contributed by atoms with van der Waals surface area (Å²) in [5.41, 5.74) is 1.05. The lowest BCUT2D eigenvalue weighted by molar-refractivity contribution is -0.132. The molecular weight excluding hydrogens is 260 g/mol. The smallest absolute Gasteiger partial charge is 0.327 e. The number of hydrogen-bond acceptors (Lipinski definition) is 3. The molecule has 1 rings (SSSR count). The molecule has 3 N–H and O–H groups in total. The van der Waals surface area contributed by atoms with Crippen LogP contribution in [0.15, 0.2) is 49.6 Å². The number of hydrogen-bond donors (Lipinski definition) is 3. The summed E-state index contributed by atoms with van der Waals surface area (Å²) in [6.07, 6.45) is 3.71. The molecule has 5 heteroatoms. The molecule has 20 heavy (non-hydrogen) atoms. The molecule has 0 radical (unpaired) electrons. The molecule has 0 aliphatic heterocycles. The Hall–Kier alpha value is -2.56. The van der Waals surface area contributed by atoms with Crippen LogP contribution < -0.4 is 0 Å². The van der Waals surface area contributed by atoms with Gasteiger partial charge >= 0.3 is 11.9 Å². The summed E-state index contributed by atoms with van der Waals surface area (Å²) in [6.45, 7) is 8.02. The normalized spacial score (nSPS) is 8.05. The van der Waals surface area contributed by atoms with Crippen molar-refractivity contribution in [1.29, 1.82) is 0 Å². The van der Waals surface area contributed by atoms with E-state index in [-0.39, 0.29) is 0 Å². The average molecular weight is 280 g/mol. The average Bonchev–Trinajstić information content (AvgIpc) is 2.43. The maximum absolute atomic E-state index is 9.25. The lowest BCUT2D eigenvalue weighted by atomic mass is 10.1. The summed E-state index contributed by atoms with van der Waals surface area (Å²) in [4.78, 5) is 18.5. The van der Waals surface area contributed by atoms with E-state index in [1.54, 1.807) is 6.07 Å². The van der Waals surface area contributed by atoms with Crippen molar-refractivity contribution in [1.82, 2.24) is 0 Å². The Bertz CT molecular complexity index is 420. The molecule has 0 spiro atoms. The number of aryl methyl sites for hydroxylation is 1. The second-order valence-electron chi connectivity index (χ2n) is 3.46. The summed E-state index contributed by atoms with van der Waals surface area (Å²) in [6, 6.07) is 7.48. The summed E-state index contributed by atoms with van der Waals surface area (Å²) in [7, 11) is 0. The van der Waals surface area contributed by atoms with E-state index in [1.165, 1.54) is 0 Å². The molecular formula is C15H20O5. The minimum atomic E-state index is -0.981. The van der Waals surface area contributed by atoms with Gasteiger partial charge in [0.2, 0.25) is 0 Å². The third kappa shape index (κ3) is 13.5. The van der Waals surface area contributed by atoms with E-state index in [9.17, 15) is 14.7 Å². The Morgan fingerprint density at radius 1 is 1.10 bits per heavy atom. The summed E-state index contributed by atoms with van der Waals surface area (Å²) in [5, 5.41) is 24.4. The van der Waals surface area contributed by atoms with Crippen molar-refractivity contribution in [3.8, 4) is 5.75 Å². The van der Waals surface area contributed by atoms with Gasteiger partial charge in [-0.2, -0.15) is 0 Å². The van der Waals surface area contributed by atoms with Crippen molar-refractivity contribution >= 4 is 11.9 Å². The van der Waals surface area contributed by atoms with Crippen LogP contribution in [0.3, 0.4) is 0 Å². The third-order valence-corrected chi connectivity index (χ3v) is 1.86. The topological polar surface area (TPSA) is 94.8 Å². The Balaban J connectivity index is 0. The van der Waals surface area contributed by atoms with Crippen molar-refractivity contribution in [3.63, 3.8) is 0 Å². The van der Waals surface area contributed by atoms with Crippen molar-refractivity contribution in [3.05, 3.63) is 55.1 Å². The largest absolute Gasteiger partial charge is 0.508 e. The highest BCUT2D eigenvalue weighted by Gasteiger charge is 1.95. The van der Waals surface area contributed by atoms with Gasteiger partial charge < -0.3 is 15.3 Å². The Labute approximate surface area is 118 Å². The van der Waals surface area contributed by atoms with Crippen LogP contribution in [0.1, 0.15) is 18.9 Å². The zero-order valence-electron chi connectivity index (χ0n) is 11.5. The second kappa shape index (κ2) is 12.9. The van der Waals surface area contributed by atoms with Gasteiger partial charge in [0.1, 0.15) is 5.75 Å². The monoisotopic (exact) mass is 280 g/mol. The first-order chi connectivity index (χ1) is 9.38. The zero-order valence-corrected chi connectivity index (χ0v) is 11.5. The first-order valence-corrected chi connectivity index (χ1v) is 5.86. The van der Waals surface area contributed by atoms with Gasteiger partial charge in [-0.25, -0.2) is 9.59 Å². The maximum Gasteiger partial charge on any atom is 0.327 e. The molecule has 1 aromatic carbocycles. The molecule has 110 valence electrons. The minimum absolute atomic E-state index is 0.421. The number of carbonyl (C=O) groups is 2. The quantitative estimate of drug-likeness (QED) is 0.737. The van der Waals surface area contributed by atoms with E-state index >= 15 is 0 Å². The van der Waals surface area contributed by atoms with Gasteiger partial charge in [0.05, 0.1) is 0 Å². The number of carboxylic acid groups (broad SMARTS) is 2. The fourth-order valence-electron chi connectivity index (χ4n) is 0.992. The van der Waals surface area contributed by atoms with Crippen molar-refractivity contribution < 1.29 is 24.9 Å². The number of aromatic hydroxyl groups is 1. The van der Waals surface area contributed by atoms with Crippen LogP contribution in [0.5, 0.6) is 5.75 Å². The maximum atomic E-state index is 9.25. The van der Waals surface area contributed by atoms with Gasteiger partial charge in [-0.15, -0.1) is 0 Å². The highest BCUT2D eigenvalue weighted by atomic mass is 16.4. The van der Waals surface area contributed by atoms with Gasteiger partial charge in [0.25, 0.3) is 0 Å². The zero-order chi connectivity index (χ0) is 16.0. The number of carboxylic acids is 2. The summed E-state index contributed by atoms with van der Waals surface area (Å²) < 4.78 is 0. The van der Waals surface area contributed by atoms with E-state index in [1.807, 2.05) is 18.2 Å². The molecule has 0 atom stereocenters. The van der Waals surface area contributed by atoms with Gasteiger partial charge in [-0.3, -0.25) is 0 Å². The molecule has 0 bridgehead atoms. The van der Waals surface area contributed by atoms with Crippen LogP contribution in [-0.4, -0.2) is 27.3 Å². The molecule has 0 saturated heterocycles. The van der Waals surface area contributed by atoms with Crippen molar-refractivity contribution in [2.75, 3.05) is 0 Å². The Morgan fingerprint density at radius 2 is 1.50 bits per heavy atom. The lowest BCUT2D eigenvalue weighted by Gasteiger charge is -1.99. The molecule has 0 fully saturated rings. The predicted molar refractivity (Wildman–Crippen MR) is 77.8 cm³/mol.